The summed E-state index contributed by atoms with van der Waals surface area (Å²) in [7, 11) is 3.81. The first-order valence-corrected chi connectivity index (χ1v) is 8.14. The molecular weight excluding hydrogens is 316 g/mol. The standard InChI is InChI=1S/C18H20N6O/c1-24-6-5-10-8-15(25-2)13(7-11(10)9-24)12-3-4-14(19)17-16(12)21-18(20)23-22-17/h3-4,7-8H,5-6,9,19H2,1-2H3,(H2,20,21,23). The molecule has 1 aliphatic rings. The fourth-order valence-corrected chi connectivity index (χ4v) is 3.38. The van der Waals surface area contributed by atoms with E-state index in [4.69, 9.17) is 16.2 Å². The van der Waals surface area contributed by atoms with Gasteiger partial charge >= 0.3 is 0 Å². The average molecular weight is 336 g/mol. The van der Waals surface area contributed by atoms with Crippen LogP contribution < -0.4 is 16.2 Å². The minimum Gasteiger partial charge on any atom is -0.496 e. The second kappa shape index (κ2) is 5.86. The first-order valence-electron chi connectivity index (χ1n) is 8.14. The Bertz CT molecular complexity index is 971. The van der Waals surface area contributed by atoms with Crippen LogP contribution in [-0.2, 0) is 13.0 Å². The molecule has 0 atom stereocenters. The fraction of sp³-hybridized carbons (Fsp3) is 0.278. The molecule has 4 rings (SSSR count). The van der Waals surface area contributed by atoms with Gasteiger partial charge in [-0.15, -0.1) is 10.2 Å². The summed E-state index contributed by atoms with van der Waals surface area (Å²) in [5, 5.41) is 7.93. The highest BCUT2D eigenvalue weighted by molar-refractivity contribution is 5.99. The largest absolute Gasteiger partial charge is 0.496 e. The van der Waals surface area contributed by atoms with Gasteiger partial charge in [0.2, 0.25) is 5.95 Å². The molecule has 0 spiro atoms. The van der Waals surface area contributed by atoms with Gasteiger partial charge in [-0.2, -0.15) is 0 Å². The van der Waals surface area contributed by atoms with E-state index < -0.39 is 0 Å². The minimum atomic E-state index is 0.121. The van der Waals surface area contributed by atoms with Gasteiger partial charge in [0.15, 0.2) is 0 Å². The Hall–Kier alpha value is -2.93. The van der Waals surface area contributed by atoms with E-state index in [0.717, 1.165) is 36.4 Å². The maximum absolute atomic E-state index is 6.03. The number of hydrogen-bond acceptors (Lipinski definition) is 7. The van der Waals surface area contributed by atoms with E-state index in [-0.39, 0.29) is 5.95 Å². The van der Waals surface area contributed by atoms with E-state index in [2.05, 4.69) is 39.3 Å². The lowest BCUT2D eigenvalue weighted by Crippen LogP contribution is -2.26. The predicted molar refractivity (Wildman–Crippen MR) is 98.2 cm³/mol. The van der Waals surface area contributed by atoms with Crippen LogP contribution in [0.5, 0.6) is 5.75 Å². The average Bonchev–Trinajstić information content (AvgIpc) is 2.61. The van der Waals surface area contributed by atoms with Gasteiger partial charge in [0.25, 0.3) is 0 Å². The van der Waals surface area contributed by atoms with Crippen LogP contribution in [0.3, 0.4) is 0 Å². The normalized spacial score (nSPS) is 14.5. The Morgan fingerprint density at radius 1 is 1.04 bits per heavy atom. The summed E-state index contributed by atoms with van der Waals surface area (Å²) < 4.78 is 5.66. The van der Waals surface area contributed by atoms with Crippen molar-refractivity contribution in [3.63, 3.8) is 0 Å². The maximum atomic E-state index is 6.03. The number of methoxy groups -OCH3 is 1. The summed E-state index contributed by atoms with van der Waals surface area (Å²) >= 11 is 0. The number of nitrogens with zero attached hydrogens (tertiary/aromatic N) is 4. The Morgan fingerprint density at radius 2 is 1.88 bits per heavy atom. The van der Waals surface area contributed by atoms with Crippen molar-refractivity contribution in [2.24, 2.45) is 0 Å². The number of anilines is 2. The van der Waals surface area contributed by atoms with Crippen LogP contribution in [0.25, 0.3) is 22.2 Å². The molecule has 0 fully saturated rings. The summed E-state index contributed by atoms with van der Waals surface area (Å²) in [6.45, 7) is 1.96. The molecule has 0 radical (unpaired) electrons. The zero-order chi connectivity index (χ0) is 17.6. The van der Waals surface area contributed by atoms with Gasteiger partial charge in [0.1, 0.15) is 16.8 Å². The molecule has 3 aromatic rings. The number of nitrogens with two attached hydrogens (primary N) is 2. The third-order valence-corrected chi connectivity index (χ3v) is 4.68. The van der Waals surface area contributed by atoms with Crippen molar-refractivity contribution in [3.8, 4) is 16.9 Å². The molecule has 0 unspecified atom stereocenters. The minimum absolute atomic E-state index is 0.121. The summed E-state index contributed by atoms with van der Waals surface area (Å²) in [6.07, 6.45) is 1.02. The Labute approximate surface area is 145 Å². The number of benzene rings is 2. The number of ether oxygens (including phenoxy) is 1. The summed E-state index contributed by atoms with van der Waals surface area (Å²) in [5.74, 6) is 0.933. The van der Waals surface area contributed by atoms with Gasteiger partial charge in [0, 0.05) is 24.2 Å². The number of likely N-dealkylation sites (N-methyl/N-ethyl adjacent to an activating group) is 1. The van der Waals surface area contributed by atoms with Crippen LogP contribution in [0.4, 0.5) is 11.6 Å². The number of rotatable bonds is 2. The highest BCUT2D eigenvalue weighted by atomic mass is 16.5. The lowest BCUT2D eigenvalue weighted by atomic mass is 9.93. The number of hydrogen-bond donors (Lipinski definition) is 2. The molecule has 7 heteroatoms. The van der Waals surface area contributed by atoms with Crippen LogP contribution in [0, 0.1) is 0 Å². The Morgan fingerprint density at radius 3 is 2.68 bits per heavy atom. The van der Waals surface area contributed by atoms with Gasteiger partial charge < -0.3 is 21.1 Å². The lowest BCUT2D eigenvalue weighted by molar-refractivity contribution is 0.312. The second-order valence-electron chi connectivity index (χ2n) is 6.38. The smallest absolute Gasteiger partial charge is 0.240 e. The monoisotopic (exact) mass is 336 g/mol. The highest BCUT2D eigenvalue weighted by Crippen LogP contribution is 2.38. The summed E-state index contributed by atoms with van der Waals surface area (Å²) in [4.78, 5) is 6.68. The van der Waals surface area contributed by atoms with Crippen molar-refractivity contribution in [1.29, 1.82) is 0 Å². The van der Waals surface area contributed by atoms with Crippen molar-refractivity contribution in [2.45, 2.75) is 13.0 Å². The van der Waals surface area contributed by atoms with Crippen LogP contribution >= 0.6 is 0 Å². The van der Waals surface area contributed by atoms with Crippen LogP contribution in [0.1, 0.15) is 11.1 Å². The van der Waals surface area contributed by atoms with E-state index in [1.807, 2.05) is 12.1 Å². The van der Waals surface area contributed by atoms with Crippen molar-refractivity contribution < 1.29 is 4.74 Å². The number of nitrogen functional groups attached to an aromatic ring is 2. The zero-order valence-corrected chi connectivity index (χ0v) is 14.3. The molecule has 0 aliphatic carbocycles. The van der Waals surface area contributed by atoms with Crippen LogP contribution in [0.2, 0.25) is 0 Å². The van der Waals surface area contributed by atoms with Crippen molar-refractivity contribution in [2.75, 3.05) is 32.2 Å². The topological polar surface area (TPSA) is 103 Å². The molecule has 0 amide bonds. The van der Waals surface area contributed by atoms with E-state index >= 15 is 0 Å². The van der Waals surface area contributed by atoms with Gasteiger partial charge in [-0.25, -0.2) is 4.98 Å². The van der Waals surface area contributed by atoms with Gasteiger partial charge in [-0.1, -0.05) is 0 Å². The molecule has 1 aliphatic heterocycles. The molecule has 1 aromatic heterocycles. The molecule has 0 bridgehead atoms. The quantitative estimate of drug-likeness (QED) is 0.688. The lowest BCUT2D eigenvalue weighted by Gasteiger charge is -2.26. The molecule has 128 valence electrons. The Balaban J connectivity index is 1.98. The molecule has 2 heterocycles. The predicted octanol–water partition coefficient (Wildman–Crippen LogP) is 1.85. The molecule has 7 nitrogen and oxygen atoms in total. The third kappa shape index (κ3) is 2.62. The molecule has 0 saturated carbocycles. The van der Waals surface area contributed by atoms with Crippen molar-refractivity contribution in [1.82, 2.24) is 20.1 Å². The van der Waals surface area contributed by atoms with E-state index in [1.165, 1.54) is 11.1 Å². The van der Waals surface area contributed by atoms with E-state index in [9.17, 15) is 0 Å². The molecule has 0 saturated heterocycles. The van der Waals surface area contributed by atoms with E-state index in [1.54, 1.807) is 7.11 Å². The fourth-order valence-electron chi connectivity index (χ4n) is 3.38. The number of fused-ring (bicyclic) bond motifs is 2. The summed E-state index contributed by atoms with van der Waals surface area (Å²) in [5.41, 5.74) is 18.0. The van der Waals surface area contributed by atoms with Crippen LogP contribution in [-0.4, -0.2) is 40.8 Å². The molecule has 4 N–H and O–H groups in total. The van der Waals surface area contributed by atoms with E-state index in [0.29, 0.717) is 16.7 Å². The summed E-state index contributed by atoms with van der Waals surface area (Å²) in [6, 6.07) is 8.04. The molecule has 2 aromatic carbocycles. The molecular formula is C18H20N6O. The first-order chi connectivity index (χ1) is 12.1. The van der Waals surface area contributed by atoms with Gasteiger partial charge in [0.05, 0.1) is 12.8 Å². The maximum Gasteiger partial charge on any atom is 0.240 e. The number of aromatic nitrogens is 3. The van der Waals surface area contributed by atoms with Crippen LogP contribution in [0.15, 0.2) is 24.3 Å². The van der Waals surface area contributed by atoms with Crippen molar-refractivity contribution in [3.05, 3.63) is 35.4 Å². The first kappa shape index (κ1) is 15.6. The van der Waals surface area contributed by atoms with Gasteiger partial charge in [-0.05, 0) is 48.9 Å². The SMILES string of the molecule is COc1cc2c(cc1-c1ccc(N)c3nnc(N)nc13)CN(C)CC2. The van der Waals surface area contributed by atoms with Gasteiger partial charge in [-0.3, -0.25) is 0 Å². The Kier molecular flexibility index (Phi) is 3.65. The highest BCUT2D eigenvalue weighted by Gasteiger charge is 2.20. The van der Waals surface area contributed by atoms with Crippen molar-refractivity contribution >= 4 is 22.7 Å². The zero-order valence-electron chi connectivity index (χ0n) is 14.3. The third-order valence-electron chi connectivity index (χ3n) is 4.68. The molecule has 25 heavy (non-hydrogen) atoms. The second-order valence-corrected chi connectivity index (χ2v) is 6.38.